The molecule has 0 radical (unpaired) electrons. The van der Waals surface area contributed by atoms with Crippen LogP contribution in [-0.4, -0.2) is 35.4 Å². The highest BCUT2D eigenvalue weighted by Crippen LogP contribution is 2.21. The molecule has 2 N–H and O–H groups in total. The lowest BCUT2D eigenvalue weighted by atomic mass is 10.2. The molecule has 0 bridgehead atoms. The van der Waals surface area contributed by atoms with Crippen LogP contribution in [0.25, 0.3) is 10.9 Å². The molecule has 0 spiro atoms. The van der Waals surface area contributed by atoms with Gasteiger partial charge >= 0.3 is 0 Å². The van der Waals surface area contributed by atoms with E-state index in [0.29, 0.717) is 23.7 Å². The van der Waals surface area contributed by atoms with Crippen LogP contribution in [0.2, 0.25) is 0 Å². The summed E-state index contributed by atoms with van der Waals surface area (Å²) in [7, 11) is 0. The number of fused-ring (bicyclic) bond motifs is 1. The number of nitrogens with one attached hydrogen (secondary N) is 2. The quantitative estimate of drug-likeness (QED) is 0.748. The lowest BCUT2D eigenvalue weighted by Gasteiger charge is -2.12. The van der Waals surface area contributed by atoms with E-state index in [-0.39, 0.29) is 12.0 Å². The molecule has 2 heterocycles. The molecule has 1 amide bonds. The first-order valence-corrected chi connectivity index (χ1v) is 8.38. The Labute approximate surface area is 145 Å². The Hall–Kier alpha value is -2.86. The van der Waals surface area contributed by atoms with E-state index in [0.717, 1.165) is 30.4 Å². The molecule has 1 saturated heterocycles. The summed E-state index contributed by atoms with van der Waals surface area (Å²) < 4.78 is 11.3. The van der Waals surface area contributed by atoms with E-state index in [4.69, 9.17) is 9.47 Å². The number of amides is 1. The van der Waals surface area contributed by atoms with Crippen molar-refractivity contribution in [2.75, 3.05) is 18.5 Å². The predicted octanol–water partition coefficient (Wildman–Crippen LogP) is 3.37. The minimum absolute atomic E-state index is 0.161. The first-order chi connectivity index (χ1) is 12.3. The second kappa shape index (κ2) is 6.94. The molecule has 1 fully saturated rings. The van der Waals surface area contributed by atoms with Crippen LogP contribution < -0.4 is 10.1 Å². The second-order valence-electron chi connectivity index (χ2n) is 6.05. The van der Waals surface area contributed by atoms with Gasteiger partial charge in [0, 0.05) is 23.7 Å². The van der Waals surface area contributed by atoms with Crippen LogP contribution in [-0.2, 0) is 4.74 Å². The Balaban J connectivity index is 1.45. The summed E-state index contributed by atoms with van der Waals surface area (Å²) in [6, 6.07) is 14.9. The zero-order valence-corrected chi connectivity index (χ0v) is 13.7. The van der Waals surface area contributed by atoms with E-state index in [1.165, 1.54) is 0 Å². The van der Waals surface area contributed by atoms with Crippen molar-refractivity contribution < 1.29 is 14.3 Å². The van der Waals surface area contributed by atoms with Gasteiger partial charge < -0.3 is 14.8 Å². The van der Waals surface area contributed by atoms with E-state index in [9.17, 15) is 4.79 Å². The molecule has 6 nitrogen and oxygen atoms in total. The highest BCUT2D eigenvalue weighted by Gasteiger charge is 2.17. The fourth-order valence-corrected chi connectivity index (χ4v) is 2.96. The van der Waals surface area contributed by atoms with Crippen molar-refractivity contribution in [2.45, 2.75) is 18.9 Å². The lowest BCUT2D eigenvalue weighted by molar-refractivity contribution is 0.0680. The summed E-state index contributed by atoms with van der Waals surface area (Å²) in [5, 5.41) is 10.7. The monoisotopic (exact) mass is 337 g/mol. The van der Waals surface area contributed by atoms with Gasteiger partial charge in [-0.3, -0.25) is 9.89 Å². The second-order valence-corrected chi connectivity index (χ2v) is 6.05. The molecule has 2 aromatic carbocycles. The fraction of sp³-hybridized carbons (Fsp3) is 0.263. The number of carbonyl (C=O) groups is 1. The van der Waals surface area contributed by atoms with E-state index in [1.54, 1.807) is 0 Å². The van der Waals surface area contributed by atoms with Crippen molar-refractivity contribution in [1.82, 2.24) is 10.2 Å². The van der Waals surface area contributed by atoms with Crippen LogP contribution in [0, 0.1) is 0 Å². The maximum Gasteiger partial charge on any atom is 0.276 e. The fourth-order valence-electron chi connectivity index (χ4n) is 2.96. The average molecular weight is 337 g/mol. The summed E-state index contributed by atoms with van der Waals surface area (Å²) in [6.45, 7) is 1.34. The number of hydrogen-bond acceptors (Lipinski definition) is 4. The normalized spacial score (nSPS) is 16.9. The van der Waals surface area contributed by atoms with Crippen molar-refractivity contribution in [3.8, 4) is 5.75 Å². The van der Waals surface area contributed by atoms with Crippen LogP contribution in [0.4, 0.5) is 5.69 Å². The molecule has 128 valence electrons. The molecule has 6 heteroatoms. The van der Waals surface area contributed by atoms with Crippen LogP contribution in [0.5, 0.6) is 5.75 Å². The van der Waals surface area contributed by atoms with Crippen LogP contribution in [0.3, 0.4) is 0 Å². The average Bonchev–Trinajstić information content (AvgIpc) is 3.30. The molecule has 4 rings (SSSR count). The molecule has 1 atom stereocenters. The van der Waals surface area contributed by atoms with Crippen LogP contribution in [0.1, 0.15) is 23.3 Å². The number of hydrogen-bond donors (Lipinski definition) is 2. The molecule has 0 saturated carbocycles. The number of rotatable bonds is 5. The highest BCUT2D eigenvalue weighted by atomic mass is 16.5. The molecule has 1 aromatic heterocycles. The van der Waals surface area contributed by atoms with E-state index in [2.05, 4.69) is 15.5 Å². The lowest BCUT2D eigenvalue weighted by Crippen LogP contribution is -2.16. The van der Waals surface area contributed by atoms with Gasteiger partial charge in [0.05, 0.1) is 11.6 Å². The molecule has 25 heavy (non-hydrogen) atoms. The predicted molar refractivity (Wildman–Crippen MR) is 95.0 cm³/mol. The Kier molecular flexibility index (Phi) is 4.35. The Morgan fingerprint density at radius 2 is 2.20 bits per heavy atom. The molecule has 3 aromatic rings. The van der Waals surface area contributed by atoms with Gasteiger partial charge in [-0.2, -0.15) is 5.10 Å². The maximum absolute atomic E-state index is 12.5. The zero-order valence-electron chi connectivity index (χ0n) is 13.7. The first-order valence-electron chi connectivity index (χ1n) is 8.38. The summed E-state index contributed by atoms with van der Waals surface area (Å²) in [5.41, 5.74) is 1.88. The van der Waals surface area contributed by atoms with Crippen molar-refractivity contribution in [2.24, 2.45) is 0 Å². The van der Waals surface area contributed by atoms with E-state index < -0.39 is 0 Å². The van der Waals surface area contributed by atoms with Gasteiger partial charge in [0.25, 0.3) is 5.91 Å². The summed E-state index contributed by atoms with van der Waals surface area (Å²) in [4.78, 5) is 12.5. The van der Waals surface area contributed by atoms with Gasteiger partial charge in [-0.05, 0) is 31.0 Å². The van der Waals surface area contributed by atoms with Crippen molar-refractivity contribution in [3.63, 3.8) is 0 Å². The Morgan fingerprint density at radius 1 is 1.28 bits per heavy atom. The third kappa shape index (κ3) is 3.49. The zero-order chi connectivity index (χ0) is 17.1. The molecule has 0 aliphatic carbocycles. The van der Waals surface area contributed by atoms with Crippen molar-refractivity contribution in [1.29, 1.82) is 0 Å². The molecule has 0 unspecified atom stereocenters. The number of carbonyl (C=O) groups excluding carboxylic acids is 1. The standard InChI is InChI=1S/C19H19N3O3/c23-19(18-16-8-1-2-9-17(16)21-22-18)20-13-5-3-6-14(11-13)25-12-15-7-4-10-24-15/h1-3,5-6,8-9,11,15H,4,7,10,12H2,(H,20,23)(H,21,22)/t15-/m0/s1. The smallest absolute Gasteiger partial charge is 0.276 e. The van der Waals surface area contributed by atoms with Gasteiger partial charge in [0.2, 0.25) is 0 Å². The summed E-state index contributed by atoms with van der Waals surface area (Å²) in [6.07, 6.45) is 2.28. The van der Waals surface area contributed by atoms with Gasteiger partial charge in [-0.1, -0.05) is 24.3 Å². The van der Waals surface area contributed by atoms with E-state index in [1.807, 2.05) is 48.5 Å². The topological polar surface area (TPSA) is 76.2 Å². The van der Waals surface area contributed by atoms with Gasteiger partial charge in [-0.25, -0.2) is 0 Å². The largest absolute Gasteiger partial charge is 0.491 e. The molecular weight excluding hydrogens is 318 g/mol. The maximum atomic E-state index is 12.5. The minimum Gasteiger partial charge on any atom is -0.491 e. The number of para-hydroxylation sites is 1. The third-order valence-electron chi connectivity index (χ3n) is 4.24. The Morgan fingerprint density at radius 3 is 3.08 bits per heavy atom. The number of H-pyrrole nitrogens is 1. The highest BCUT2D eigenvalue weighted by molar-refractivity contribution is 6.11. The number of aromatic amines is 1. The summed E-state index contributed by atoms with van der Waals surface area (Å²) in [5.74, 6) is 0.453. The number of ether oxygens (including phenoxy) is 2. The van der Waals surface area contributed by atoms with Crippen LogP contribution in [0.15, 0.2) is 48.5 Å². The molecule has 1 aliphatic heterocycles. The molecular formula is C19H19N3O3. The number of aromatic nitrogens is 2. The van der Waals surface area contributed by atoms with Crippen LogP contribution >= 0.6 is 0 Å². The van der Waals surface area contributed by atoms with Gasteiger partial charge in [0.1, 0.15) is 12.4 Å². The first kappa shape index (κ1) is 15.7. The number of nitrogens with zero attached hydrogens (tertiary/aromatic N) is 1. The molecule has 1 aliphatic rings. The minimum atomic E-state index is -0.256. The van der Waals surface area contributed by atoms with Crippen molar-refractivity contribution in [3.05, 3.63) is 54.2 Å². The Bertz CT molecular complexity index is 884. The third-order valence-corrected chi connectivity index (χ3v) is 4.24. The number of benzene rings is 2. The van der Waals surface area contributed by atoms with E-state index >= 15 is 0 Å². The number of anilines is 1. The van der Waals surface area contributed by atoms with Gasteiger partial charge in [0.15, 0.2) is 5.69 Å². The summed E-state index contributed by atoms with van der Waals surface area (Å²) >= 11 is 0. The van der Waals surface area contributed by atoms with Crippen molar-refractivity contribution >= 4 is 22.5 Å². The van der Waals surface area contributed by atoms with Gasteiger partial charge in [-0.15, -0.1) is 0 Å². The SMILES string of the molecule is O=C(Nc1cccc(OC[C@@H]2CCCO2)c1)c1n[nH]c2ccccc12.